The number of halogens is 2. The van der Waals surface area contributed by atoms with Gasteiger partial charge < -0.3 is 29.7 Å². The predicted molar refractivity (Wildman–Crippen MR) is 181 cm³/mol. The van der Waals surface area contributed by atoms with Crippen molar-refractivity contribution in [1.82, 2.24) is 9.80 Å². The number of ether oxygens (including phenoxy) is 2. The Bertz CT molecular complexity index is 1730. The third kappa shape index (κ3) is 3.86. The molecule has 8 atom stereocenters. The second-order valence-electron chi connectivity index (χ2n) is 15.8. The lowest BCUT2D eigenvalue weighted by atomic mass is 9.49. The molecular formula is C37H44Cl2N2O7. The molecule has 11 rings (SSSR count). The molecule has 258 valence electrons. The Morgan fingerprint density at radius 2 is 1.48 bits per heavy atom. The van der Waals surface area contributed by atoms with Crippen LogP contribution in [0.1, 0.15) is 73.6 Å². The molecule has 2 spiro atoms. The summed E-state index contributed by atoms with van der Waals surface area (Å²) in [6.07, 6.45) is 7.51. The molecule has 0 aromatic heterocycles. The van der Waals surface area contributed by atoms with Crippen molar-refractivity contribution in [3.8, 4) is 23.0 Å². The van der Waals surface area contributed by atoms with Crippen molar-refractivity contribution in [2.75, 3.05) is 26.7 Å². The summed E-state index contributed by atoms with van der Waals surface area (Å²) in [5.41, 5.74) is 2.71. The summed E-state index contributed by atoms with van der Waals surface area (Å²) in [5, 5.41) is 32.5. The van der Waals surface area contributed by atoms with Crippen LogP contribution in [0.25, 0.3) is 0 Å². The molecule has 4 bridgehead atoms. The number of carbonyl (C=O) groups is 2. The van der Waals surface area contributed by atoms with Gasteiger partial charge in [-0.05, 0) is 107 Å². The number of hydrogen-bond donors (Lipinski definition) is 3. The molecule has 9 aliphatic rings. The number of nitrogens with zero attached hydrogens (tertiary/aromatic N) is 2. The number of aliphatic hydroxyl groups is 1. The molecule has 3 saturated carbocycles. The first kappa shape index (κ1) is 32.6. The first-order valence-corrected chi connectivity index (χ1v) is 17.4. The molecule has 5 aliphatic carbocycles. The van der Waals surface area contributed by atoms with Crippen LogP contribution in [0.3, 0.4) is 0 Å². The zero-order chi connectivity index (χ0) is 31.3. The van der Waals surface area contributed by atoms with Gasteiger partial charge in [0, 0.05) is 48.0 Å². The fourth-order valence-corrected chi connectivity index (χ4v) is 11.8. The number of carbonyl (C=O) groups excluding carboxylic acids is 2. The number of phenolic OH excluding ortho intramolecular Hbond substituents is 2. The first-order valence-electron chi connectivity index (χ1n) is 17.4. The molecule has 4 heterocycles. The van der Waals surface area contributed by atoms with Crippen molar-refractivity contribution in [3.63, 3.8) is 0 Å². The summed E-state index contributed by atoms with van der Waals surface area (Å²) >= 11 is 0. The number of hydrogen-bond acceptors (Lipinski definition) is 9. The molecular weight excluding hydrogens is 655 g/mol. The van der Waals surface area contributed by atoms with E-state index in [0.29, 0.717) is 42.7 Å². The smallest absolute Gasteiger partial charge is 0.174 e. The number of rotatable bonds is 2. The number of phenols is 2. The van der Waals surface area contributed by atoms with E-state index < -0.39 is 17.1 Å². The van der Waals surface area contributed by atoms with Gasteiger partial charge in [-0.2, -0.15) is 0 Å². The highest BCUT2D eigenvalue weighted by atomic mass is 35.5. The topological polar surface area (TPSA) is 120 Å². The van der Waals surface area contributed by atoms with Gasteiger partial charge in [0.05, 0.1) is 11.0 Å². The Hall–Kier alpha value is -2.56. The van der Waals surface area contributed by atoms with Crippen LogP contribution in [0.4, 0.5) is 0 Å². The van der Waals surface area contributed by atoms with Crippen LogP contribution in [0.2, 0.25) is 0 Å². The quantitative estimate of drug-likeness (QED) is 0.428. The van der Waals surface area contributed by atoms with Gasteiger partial charge in [0.25, 0.3) is 0 Å². The fraction of sp³-hybridized carbons (Fsp3) is 0.622. The molecule has 9 nitrogen and oxygen atoms in total. The van der Waals surface area contributed by atoms with Crippen molar-refractivity contribution >= 4 is 36.4 Å². The molecule has 2 aromatic carbocycles. The van der Waals surface area contributed by atoms with Crippen molar-refractivity contribution in [2.45, 2.75) is 105 Å². The zero-order valence-corrected chi connectivity index (χ0v) is 28.8. The average Bonchev–Trinajstić information content (AvgIpc) is 3.67. The summed E-state index contributed by atoms with van der Waals surface area (Å²) in [7, 11) is 2.20. The Morgan fingerprint density at radius 3 is 2.21 bits per heavy atom. The highest BCUT2D eigenvalue weighted by molar-refractivity contribution is 5.90. The van der Waals surface area contributed by atoms with Gasteiger partial charge in [0.1, 0.15) is 0 Å². The maximum absolute atomic E-state index is 12.7. The van der Waals surface area contributed by atoms with Crippen LogP contribution >= 0.6 is 24.8 Å². The van der Waals surface area contributed by atoms with Crippen LogP contribution in [-0.4, -0.2) is 93.3 Å². The third-order valence-corrected chi connectivity index (χ3v) is 13.9. The van der Waals surface area contributed by atoms with Gasteiger partial charge in [-0.15, -0.1) is 24.8 Å². The van der Waals surface area contributed by atoms with Gasteiger partial charge in [-0.25, -0.2) is 0 Å². The maximum Gasteiger partial charge on any atom is 0.174 e. The van der Waals surface area contributed by atoms with Gasteiger partial charge in [-0.1, -0.05) is 12.1 Å². The van der Waals surface area contributed by atoms with Crippen LogP contribution < -0.4 is 9.47 Å². The number of benzene rings is 2. The minimum atomic E-state index is -0.940. The standard InChI is InChI=1S/C20H23NO4.C17H19NO3.2ClH/c22-13-4-3-12-9-15-20(24)6-5-14(23)18-19(20,16(12)17(13)25-18)7-8-21(15)10-11-1-2-11;1-18-7-6-17-10-3-5-13(20)16(17)21-15-12(19)4-2-9(14(15)17)8-11(10)18;;/h3-4,11,15,18,22,24H,1-2,5-10H2;2,4,10-11,16,19H,3,5-8H2,1H3;2*1H/t15-,18+,19+,20-;10-,11+,16-,17-;;/m10../s1. The van der Waals surface area contributed by atoms with Crippen molar-refractivity contribution in [3.05, 3.63) is 46.5 Å². The molecule has 0 unspecified atom stereocenters. The van der Waals surface area contributed by atoms with Gasteiger partial charge in [-0.3, -0.25) is 14.5 Å². The Morgan fingerprint density at radius 1 is 0.812 bits per heavy atom. The largest absolute Gasteiger partial charge is 0.504 e. The number of aromatic hydroxyl groups is 2. The molecule has 48 heavy (non-hydrogen) atoms. The monoisotopic (exact) mass is 698 g/mol. The normalized spacial score (nSPS) is 39.0. The second-order valence-corrected chi connectivity index (χ2v) is 15.8. The molecule has 2 aromatic rings. The van der Waals surface area contributed by atoms with Crippen molar-refractivity contribution < 1.29 is 34.4 Å². The second kappa shape index (κ2) is 10.7. The van der Waals surface area contributed by atoms with Crippen LogP contribution in [0.15, 0.2) is 24.3 Å². The maximum atomic E-state index is 12.7. The van der Waals surface area contributed by atoms with E-state index in [4.69, 9.17) is 9.47 Å². The van der Waals surface area contributed by atoms with E-state index in [1.165, 1.54) is 18.4 Å². The number of piperidine rings is 2. The van der Waals surface area contributed by atoms with E-state index in [-0.39, 0.29) is 65.4 Å². The summed E-state index contributed by atoms with van der Waals surface area (Å²) in [4.78, 5) is 30.1. The van der Waals surface area contributed by atoms with Crippen molar-refractivity contribution in [2.24, 2.45) is 11.8 Å². The molecule has 5 fully saturated rings. The Labute approximate surface area is 292 Å². The SMILES string of the molecule is CN1CC[C@]23c4c5ccc(O)c4O[C@H]2C(=O)CC[C@H]3[C@H]1C5.Cl.Cl.O=C1CC[C@@]2(O)[C@H]3Cc4ccc(O)c5c4[C@@]2(CCN3CC2CC2)[C@H]1O5. The van der Waals surface area contributed by atoms with Gasteiger partial charge >= 0.3 is 0 Å². The number of likely N-dealkylation sites (tertiary alicyclic amines) is 2. The summed E-state index contributed by atoms with van der Waals surface area (Å²) in [6, 6.07) is 7.95. The van der Waals surface area contributed by atoms with E-state index in [0.717, 1.165) is 74.3 Å². The fourth-order valence-electron chi connectivity index (χ4n) is 11.8. The van der Waals surface area contributed by atoms with E-state index in [1.807, 2.05) is 12.1 Å². The lowest BCUT2D eigenvalue weighted by Gasteiger charge is -2.62. The van der Waals surface area contributed by atoms with Crippen LogP contribution in [-0.2, 0) is 33.3 Å². The number of Topliss-reactive ketones (excluding diaryl/α,β-unsaturated/α-hetero) is 2. The lowest BCUT2D eigenvalue weighted by molar-refractivity contribution is -0.188. The molecule has 3 N–H and O–H groups in total. The summed E-state index contributed by atoms with van der Waals surface area (Å²) in [5.74, 6) is 2.88. The highest BCUT2D eigenvalue weighted by Gasteiger charge is 2.73. The molecule has 0 amide bonds. The highest BCUT2D eigenvalue weighted by Crippen LogP contribution is 2.65. The molecule has 4 aliphatic heterocycles. The number of likely N-dealkylation sites (N-methyl/N-ethyl adjacent to an activating group) is 1. The number of ketones is 2. The van der Waals surface area contributed by atoms with Crippen LogP contribution in [0.5, 0.6) is 23.0 Å². The average molecular weight is 700 g/mol. The molecule has 2 saturated heterocycles. The zero-order valence-electron chi connectivity index (χ0n) is 27.2. The summed E-state index contributed by atoms with van der Waals surface area (Å²) in [6.45, 7) is 2.96. The van der Waals surface area contributed by atoms with E-state index in [1.54, 1.807) is 12.1 Å². The third-order valence-electron chi connectivity index (χ3n) is 13.9. The Kier molecular flexibility index (Phi) is 7.29. The van der Waals surface area contributed by atoms with Gasteiger partial charge in [0.2, 0.25) is 0 Å². The summed E-state index contributed by atoms with van der Waals surface area (Å²) < 4.78 is 12.1. The van der Waals surface area contributed by atoms with E-state index in [9.17, 15) is 24.9 Å². The minimum Gasteiger partial charge on any atom is -0.504 e. The van der Waals surface area contributed by atoms with E-state index in [2.05, 4.69) is 16.8 Å². The first-order chi connectivity index (χ1) is 22.2. The Balaban J connectivity index is 0.000000136. The van der Waals surface area contributed by atoms with Crippen molar-refractivity contribution in [1.29, 1.82) is 0 Å². The predicted octanol–water partition coefficient (Wildman–Crippen LogP) is 4.00. The molecule has 0 radical (unpaired) electrons. The van der Waals surface area contributed by atoms with E-state index >= 15 is 0 Å². The van der Waals surface area contributed by atoms with Crippen LogP contribution in [0, 0.1) is 11.8 Å². The minimum absolute atomic E-state index is 0. The van der Waals surface area contributed by atoms with Gasteiger partial charge in [0.15, 0.2) is 46.8 Å². The lowest BCUT2D eigenvalue weighted by Crippen LogP contribution is -2.76. The molecule has 11 heteroatoms.